The Morgan fingerprint density at radius 2 is 2.18 bits per heavy atom. The van der Waals surface area contributed by atoms with Gasteiger partial charge in [-0.05, 0) is 18.6 Å². The van der Waals surface area contributed by atoms with Crippen molar-refractivity contribution in [2.75, 3.05) is 5.73 Å². The minimum absolute atomic E-state index is 0.188. The SMILES string of the molecule is Cc1cc([N+](=O)O)ccc1N. The average molecular weight is 153 g/mol. The molecule has 11 heavy (non-hydrogen) atoms. The molecule has 58 valence electrons. The van der Waals surface area contributed by atoms with Crippen LogP contribution in [0.2, 0.25) is 0 Å². The number of hydrogen-bond acceptors (Lipinski definition) is 2. The van der Waals surface area contributed by atoms with Crippen LogP contribution in [-0.4, -0.2) is 10.1 Å². The first-order chi connectivity index (χ1) is 5.11. The lowest BCUT2D eigenvalue weighted by atomic mass is 10.2. The zero-order chi connectivity index (χ0) is 8.43. The lowest BCUT2D eigenvalue weighted by Crippen LogP contribution is -1.94. The zero-order valence-corrected chi connectivity index (χ0v) is 6.11. The van der Waals surface area contributed by atoms with Crippen LogP contribution >= 0.6 is 0 Å². The van der Waals surface area contributed by atoms with Crippen LogP contribution < -0.4 is 5.73 Å². The summed E-state index contributed by atoms with van der Waals surface area (Å²) < 4.78 is 0. The van der Waals surface area contributed by atoms with Gasteiger partial charge < -0.3 is 5.73 Å². The molecule has 0 fully saturated rings. The highest BCUT2D eigenvalue weighted by Gasteiger charge is 2.10. The molecule has 1 aromatic rings. The zero-order valence-electron chi connectivity index (χ0n) is 6.11. The number of hydrogen-bond donors (Lipinski definition) is 2. The van der Waals surface area contributed by atoms with E-state index >= 15 is 0 Å². The van der Waals surface area contributed by atoms with Crippen molar-refractivity contribution in [2.45, 2.75) is 6.92 Å². The molecule has 1 rings (SSSR count). The number of aryl methyl sites for hydroxylation is 1. The average Bonchev–Trinajstić information content (AvgIpc) is 1.94. The molecule has 3 N–H and O–H groups in total. The molecule has 0 radical (unpaired) electrons. The van der Waals surface area contributed by atoms with E-state index in [2.05, 4.69) is 0 Å². The largest absolute Gasteiger partial charge is 0.399 e. The van der Waals surface area contributed by atoms with Crippen LogP contribution in [0.4, 0.5) is 11.4 Å². The second-order valence-corrected chi connectivity index (χ2v) is 2.31. The summed E-state index contributed by atoms with van der Waals surface area (Å²) in [5.41, 5.74) is 7.06. The first kappa shape index (κ1) is 7.53. The molecule has 0 heterocycles. The molecule has 4 heteroatoms. The van der Waals surface area contributed by atoms with Gasteiger partial charge in [0.15, 0.2) is 0 Å². The van der Waals surface area contributed by atoms with Gasteiger partial charge in [0.2, 0.25) is 0 Å². The monoisotopic (exact) mass is 153 g/mol. The molecular formula is C7H9N2O2+. The molecular weight excluding hydrogens is 144 g/mol. The fourth-order valence-corrected chi connectivity index (χ4v) is 0.779. The standard InChI is InChI=1S/C7H9N2O2/c1-5-4-6(9(10)11)2-3-7(5)8/h2-4H,8H2,1H3,(H,10,11)/q+1. The fourth-order valence-electron chi connectivity index (χ4n) is 0.779. The molecule has 0 atom stereocenters. The minimum Gasteiger partial charge on any atom is -0.399 e. The second-order valence-electron chi connectivity index (χ2n) is 2.31. The molecule has 0 bridgehead atoms. The maximum atomic E-state index is 10.3. The second kappa shape index (κ2) is 2.57. The topological polar surface area (TPSA) is 66.3 Å². The Balaban J connectivity index is 3.15. The number of nitrogens with two attached hydrogens (primary N) is 1. The van der Waals surface area contributed by atoms with Gasteiger partial charge in [-0.2, -0.15) is 0 Å². The van der Waals surface area contributed by atoms with Crippen LogP contribution in [0.3, 0.4) is 0 Å². The molecule has 0 saturated heterocycles. The van der Waals surface area contributed by atoms with E-state index in [1.165, 1.54) is 12.1 Å². The van der Waals surface area contributed by atoms with Crippen LogP contribution in [-0.2, 0) is 0 Å². The highest BCUT2D eigenvalue weighted by Crippen LogP contribution is 2.17. The van der Waals surface area contributed by atoms with E-state index in [0.29, 0.717) is 5.69 Å². The van der Waals surface area contributed by atoms with Crippen LogP contribution in [0, 0.1) is 11.8 Å². The molecule has 0 aromatic heterocycles. The number of benzene rings is 1. The molecule has 4 nitrogen and oxygen atoms in total. The first-order valence-corrected chi connectivity index (χ1v) is 3.13. The summed E-state index contributed by atoms with van der Waals surface area (Å²) in [5, 5.41) is 8.48. The Hall–Kier alpha value is -1.58. The van der Waals surface area contributed by atoms with E-state index in [0.717, 1.165) is 5.56 Å². The summed E-state index contributed by atoms with van der Waals surface area (Å²) in [7, 11) is 0. The summed E-state index contributed by atoms with van der Waals surface area (Å²) in [5.74, 6) is 0. The molecule has 1 aromatic carbocycles. The third-order valence-corrected chi connectivity index (χ3v) is 1.47. The summed E-state index contributed by atoms with van der Waals surface area (Å²) in [6.45, 7) is 1.77. The van der Waals surface area contributed by atoms with Gasteiger partial charge in [0, 0.05) is 17.8 Å². The molecule has 0 aliphatic heterocycles. The highest BCUT2D eigenvalue weighted by atomic mass is 16.6. The highest BCUT2D eigenvalue weighted by molar-refractivity contribution is 5.51. The van der Waals surface area contributed by atoms with Gasteiger partial charge in [0.1, 0.15) is 0 Å². The number of nitrogen functional groups attached to an aromatic ring is 1. The van der Waals surface area contributed by atoms with Crippen molar-refractivity contribution in [2.24, 2.45) is 0 Å². The van der Waals surface area contributed by atoms with Crippen molar-refractivity contribution in [1.82, 2.24) is 0 Å². The number of nitrogens with zero attached hydrogens (tertiary/aromatic N) is 1. The molecule has 0 spiro atoms. The van der Waals surface area contributed by atoms with Crippen LogP contribution in [0.5, 0.6) is 0 Å². The predicted molar refractivity (Wildman–Crippen MR) is 40.7 cm³/mol. The summed E-state index contributed by atoms with van der Waals surface area (Å²) in [4.78, 5) is 10.2. The Labute approximate surface area is 63.8 Å². The summed E-state index contributed by atoms with van der Waals surface area (Å²) in [6, 6.07) is 4.55. The van der Waals surface area contributed by atoms with Crippen LogP contribution in [0.1, 0.15) is 5.56 Å². The number of rotatable bonds is 1. The summed E-state index contributed by atoms with van der Waals surface area (Å²) in [6.07, 6.45) is 0. The molecule has 0 unspecified atom stereocenters. The predicted octanol–water partition coefficient (Wildman–Crippen LogP) is 1.38. The van der Waals surface area contributed by atoms with Gasteiger partial charge in [0.25, 0.3) is 4.92 Å². The van der Waals surface area contributed by atoms with E-state index < -0.39 is 0 Å². The van der Waals surface area contributed by atoms with Crippen molar-refractivity contribution >= 4 is 11.4 Å². The Bertz CT molecular complexity index is 296. The normalized spacial score (nSPS) is 9.55. The van der Waals surface area contributed by atoms with Gasteiger partial charge >= 0.3 is 5.69 Å². The van der Waals surface area contributed by atoms with Crippen molar-refractivity contribution < 1.29 is 10.1 Å². The smallest absolute Gasteiger partial charge is 0.316 e. The maximum absolute atomic E-state index is 10.3. The van der Waals surface area contributed by atoms with Crippen molar-refractivity contribution in [1.29, 1.82) is 0 Å². The van der Waals surface area contributed by atoms with Crippen molar-refractivity contribution in [3.05, 3.63) is 28.7 Å². The Morgan fingerprint density at radius 1 is 1.55 bits per heavy atom. The van der Waals surface area contributed by atoms with Gasteiger partial charge in [-0.3, -0.25) is 0 Å². The molecule has 0 saturated carbocycles. The van der Waals surface area contributed by atoms with E-state index in [9.17, 15) is 4.91 Å². The van der Waals surface area contributed by atoms with Gasteiger partial charge in [0.05, 0.1) is 4.91 Å². The molecule has 0 amide bonds. The molecule has 0 aliphatic rings. The van der Waals surface area contributed by atoms with Crippen LogP contribution in [0.15, 0.2) is 18.2 Å². The van der Waals surface area contributed by atoms with Gasteiger partial charge in [-0.15, -0.1) is 0 Å². The van der Waals surface area contributed by atoms with E-state index in [1.54, 1.807) is 13.0 Å². The Morgan fingerprint density at radius 3 is 2.64 bits per heavy atom. The van der Waals surface area contributed by atoms with E-state index in [1.807, 2.05) is 0 Å². The minimum atomic E-state index is -0.188. The first-order valence-electron chi connectivity index (χ1n) is 3.13. The van der Waals surface area contributed by atoms with Crippen LogP contribution in [0.25, 0.3) is 0 Å². The van der Waals surface area contributed by atoms with E-state index in [-0.39, 0.29) is 10.6 Å². The lowest BCUT2D eigenvalue weighted by molar-refractivity contribution is -0.729. The Kier molecular flexibility index (Phi) is 1.76. The maximum Gasteiger partial charge on any atom is 0.316 e. The number of anilines is 1. The van der Waals surface area contributed by atoms with Crippen molar-refractivity contribution in [3.63, 3.8) is 0 Å². The lowest BCUT2D eigenvalue weighted by Gasteiger charge is -1.94. The third-order valence-electron chi connectivity index (χ3n) is 1.47. The fraction of sp³-hybridized carbons (Fsp3) is 0.143. The third kappa shape index (κ3) is 1.46. The van der Waals surface area contributed by atoms with E-state index in [4.69, 9.17) is 10.9 Å². The van der Waals surface area contributed by atoms with Crippen molar-refractivity contribution in [3.8, 4) is 0 Å². The molecule has 0 aliphatic carbocycles. The summed E-state index contributed by atoms with van der Waals surface area (Å²) >= 11 is 0. The quantitative estimate of drug-likeness (QED) is 0.473. The van der Waals surface area contributed by atoms with Gasteiger partial charge in [-0.25, -0.2) is 5.21 Å². The van der Waals surface area contributed by atoms with Gasteiger partial charge in [-0.1, -0.05) is 0 Å².